The highest BCUT2D eigenvalue weighted by Crippen LogP contribution is 2.62. The van der Waals surface area contributed by atoms with E-state index in [1.807, 2.05) is 6.07 Å². The molecule has 2 fully saturated rings. The van der Waals surface area contributed by atoms with Crippen LogP contribution >= 0.6 is 0 Å². The van der Waals surface area contributed by atoms with Crippen LogP contribution in [0.5, 0.6) is 0 Å². The first kappa shape index (κ1) is 16.5. The maximum Gasteiger partial charge on any atom is 0.297 e. The molecule has 4 heterocycles. The summed E-state index contributed by atoms with van der Waals surface area (Å²) in [5.74, 6) is -6.46. The fourth-order valence-corrected chi connectivity index (χ4v) is 4.15. The zero-order chi connectivity index (χ0) is 19.0. The number of amides is 1. The molecule has 1 aliphatic carbocycles. The predicted octanol–water partition coefficient (Wildman–Crippen LogP) is 2.82. The Morgan fingerprint density at radius 2 is 2.07 bits per heavy atom. The molecule has 3 aromatic rings. The molecule has 1 saturated carbocycles. The molecule has 140 valence electrons. The second-order valence-corrected chi connectivity index (χ2v) is 7.31. The van der Waals surface area contributed by atoms with Crippen molar-refractivity contribution in [2.45, 2.75) is 30.9 Å². The highest BCUT2D eigenvalue weighted by molar-refractivity contribution is 6.04. The second kappa shape index (κ2) is 5.17. The molecule has 1 aliphatic heterocycles. The number of hydrogen-bond donors (Lipinski definition) is 1. The first-order chi connectivity index (χ1) is 12.9. The summed E-state index contributed by atoms with van der Waals surface area (Å²) in [6.07, 6.45) is 5.36. The van der Waals surface area contributed by atoms with Gasteiger partial charge < -0.3 is 9.88 Å². The lowest BCUT2D eigenvalue weighted by Gasteiger charge is -2.19. The van der Waals surface area contributed by atoms with E-state index in [0.717, 1.165) is 23.4 Å². The Balaban J connectivity index is 1.49. The molecule has 27 heavy (non-hydrogen) atoms. The third kappa shape index (κ3) is 2.02. The molecule has 1 N–H and O–H groups in total. The van der Waals surface area contributed by atoms with Gasteiger partial charge in [0.1, 0.15) is 12.0 Å². The number of H-pyrrole nitrogens is 1. The number of likely N-dealkylation sites (tertiary alicyclic amines) is 1. The number of halogens is 3. The number of carbonyl (C=O) groups is 1. The van der Waals surface area contributed by atoms with Crippen LogP contribution in [0.2, 0.25) is 0 Å². The fraction of sp³-hybridized carbons (Fsp3) is 0.444. The summed E-state index contributed by atoms with van der Waals surface area (Å²) in [4.78, 5) is 29.6. The molecule has 9 heteroatoms. The van der Waals surface area contributed by atoms with Crippen LogP contribution in [0.25, 0.3) is 21.9 Å². The van der Waals surface area contributed by atoms with Crippen LogP contribution in [0.15, 0.2) is 24.8 Å². The highest BCUT2D eigenvalue weighted by atomic mass is 19.3. The number of hydrogen-bond acceptors (Lipinski definition) is 4. The van der Waals surface area contributed by atoms with Crippen molar-refractivity contribution in [3.63, 3.8) is 0 Å². The van der Waals surface area contributed by atoms with E-state index in [9.17, 15) is 18.0 Å². The van der Waals surface area contributed by atoms with Crippen LogP contribution in [0.1, 0.15) is 25.0 Å². The number of alkyl halides is 3. The number of aromatic amines is 1. The molecular formula is C18H16F3N5O. The van der Waals surface area contributed by atoms with Crippen molar-refractivity contribution >= 4 is 27.8 Å². The van der Waals surface area contributed by atoms with E-state index in [2.05, 4.69) is 19.9 Å². The lowest BCUT2D eigenvalue weighted by atomic mass is 9.99. The smallest absolute Gasteiger partial charge is 0.297 e. The summed E-state index contributed by atoms with van der Waals surface area (Å²) < 4.78 is 41.7. The van der Waals surface area contributed by atoms with E-state index < -0.39 is 23.4 Å². The summed E-state index contributed by atoms with van der Waals surface area (Å²) >= 11 is 0. The molecule has 0 bridgehead atoms. The van der Waals surface area contributed by atoms with Gasteiger partial charge in [0.2, 0.25) is 0 Å². The van der Waals surface area contributed by atoms with Crippen LogP contribution < -0.4 is 0 Å². The zero-order valence-corrected chi connectivity index (χ0v) is 14.4. The van der Waals surface area contributed by atoms with Gasteiger partial charge in [0.15, 0.2) is 0 Å². The minimum atomic E-state index is -3.59. The molecule has 1 amide bonds. The molecule has 0 radical (unpaired) electrons. The Morgan fingerprint density at radius 1 is 1.30 bits per heavy atom. The summed E-state index contributed by atoms with van der Waals surface area (Å²) in [7, 11) is 0. The minimum absolute atomic E-state index is 0.160. The van der Waals surface area contributed by atoms with E-state index >= 15 is 0 Å². The molecule has 3 unspecified atom stereocenters. The fourth-order valence-electron chi connectivity index (χ4n) is 4.15. The van der Waals surface area contributed by atoms with Gasteiger partial charge in [0.05, 0.1) is 23.3 Å². The largest absolute Gasteiger partial charge is 0.346 e. The molecular weight excluding hydrogens is 359 g/mol. The van der Waals surface area contributed by atoms with Gasteiger partial charge in [-0.25, -0.2) is 28.1 Å². The average Bonchev–Trinajstić information content (AvgIpc) is 3.20. The van der Waals surface area contributed by atoms with Gasteiger partial charge in [-0.2, -0.15) is 0 Å². The molecule has 3 atom stereocenters. The first-order valence-corrected chi connectivity index (χ1v) is 8.78. The predicted molar refractivity (Wildman–Crippen MR) is 91.1 cm³/mol. The van der Waals surface area contributed by atoms with Crippen molar-refractivity contribution in [1.29, 1.82) is 0 Å². The topological polar surface area (TPSA) is 74.8 Å². The standard InChI is InChI=1S/C18H16F3N5O/c1-9-17(19,18(9,20)21)16(27)26-5-3-10(7-26)14-13-11-2-4-22-15(11)23-6-12(13)24-8-25-14/h2,4,6,8-10H,3,5,7H2,1H3,(H,22,23). The van der Waals surface area contributed by atoms with Crippen molar-refractivity contribution in [2.75, 3.05) is 13.1 Å². The van der Waals surface area contributed by atoms with Gasteiger partial charge in [-0.15, -0.1) is 0 Å². The Bertz CT molecular complexity index is 1080. The molecule has 2 aliphatic rings. The molecule has 1 saturated heterocycles. The number of pyridine rings is 1. The lowest BCUT2D eigenvalue weighted by molar-refractivity contribution is -0.141. The van der Waals surface area contributed by atoms with E-state index in [1.165, 1.54) is 11.2 Å². The van der Waals surface area contributed by atoms with Gasteiger partial charge in [0, 0.05) is 36.0 Å². The van der Waals surface area contributed by atoms with Gasteiger partial charge in [-0.3, -0.25) is 4.79 Å². The maximum absolute atomic E-state index is 14.5. The summed E-state index contributed by atoms with van der Waals surface area (Å²) in [6, 6.07) is 1.87. The van der Waals surface area contributed by atoms with E-state index in [1.54, 1.807) is 12.4 Å². The van der Waals surface area contributed by atoms with E-state index in [4.69, 9.17) is 0 Å². The van der Waals surface area contributed by atoms with Crippen LogP contribution in [0.4, 0.5) is 13.2 Å². The number of nitrogens with zero attached hydrogens (tertiary/aromatic N) is 4. The molecule has 0 spiro atoms. The SMILES string of the molecule is CC1C(F)(F)C1(F)C(=O)N1CCC(c2ncnc3cnc4[nH]ccc4c23)C1. The van der Waals surface area contributed by atoms with Crippen molar-refractivity contribution in [3.05, 3.63) is 30.5 Å². The summed E-state index contributed by atoms with van der Waals surface area (Å²) in [5.41, 5.74) is -0.987. The second-order valence-electron chi connectivity index (χ2n) is 7.31. The van der Waals surface area contributed by atoms with Gasteiger partial charge in [-0.05, 0) is 12.5 Å². The van der Waals surface area contributed by atoms with Gasteiger partial charge in [-0.1, -0.05) is 6.92 Å². The van der Waals surface area contributed by atoms with Gasteiger partial charge >= 0.3 is 0 Å². The Hall–Kier alpha value is -2.71. The van der Waals surface area contributed by atoms with E-state index in [-0.39, 0.29) is 19.0 Å². The van der Waals surface area contributed by atoms with Crippen molar-refractivity contribution in [3.8, 4) is 0 Å². The minimum Gasteiger partial charge on any atom is -0.346 e. The molecule has 5 rings (SSSR count). The third-order valence-corrected chi connectivity index (χ3v) is 5.93. The number of rotatable bonds is 2. The van der Waals surface area contributed by atoms with Crippen molar-refractivity contribution in [2.24, 2.45) is 5.92 Å². The Kier molecular flexibility index (Phi) is 3.15. The van der Waals surface area contributed by atoms with Crippen LogP contribution in [0, 0.1) is 5.92 Å². The van der Waals surface area contributed by atoms with Gasteiger partial charge in [0.25, 0.3) is 17.5 Å². The maximum atomic E-state index is 14.5. The number of aromatic nitrogens is 4. The Labute approximate surface area is 151 Å². The third-order valence-electron chi connectivity index (χ3n) is 5.93. The number of fused-ring (bicyclic) bond motifs is 3. The summed E-state index contributed by atoms with van der Waals surface area (Å²) in [5, 5.41) is 1.68. The monoisotopic (exact) mass is 375 g/mol. The van der Waals surface area contributed by atoms with Crippen LogP contribution in [-0.2, 0) is 4.79 Å². The van der Waals surface area contributed by atoms with E-state index in [0.29, 0.717) is 17.6 Å². The van der Waals surface area contributed by atoms with Crippen molar-refractivity contribution < 1.29 is 18.0 Å². The van der Waals surface area contributed by atoms with Crippen LogP contribution in [0.3, 0.4) is 0 Å². The van der Waals surface area contributed by atoms with Crippen LogP contribution in [-0.4, -0.2) is 55.4 Å². The first-order valence-electron chi connectivity index (χ1n) is 8.78. The quantitative estimate of drug-likeness (QED) is 0.747. The van der Waals surface area contributed by atoms with Crippen molar-refractivity contribution in [1.82, 2.24) is 24.8 Å². The normalized spacial score (nSPS) is 29.6. The Morgan fingerprint density at radius 3 is 2.81 bits per heavy atom. The molecule has 6 nitrogen and oxygen atoms in total. The highest BCUT2D eigenvalue weighted by Gasteiger charge is 2.85. The molecule has 3 aromatic heterocycles. The molecule has 0 aromatic carbocycles. The number of nitrogens with one attached hydrogen (secondary N) is 1. The summed E-state index contributed by atoms with van der Waals surface area (Å²) in [6.45, 7) is 1.46. The number of carbonyl (C=O) groups excluding carboxylic acids is 1. The lowest BCUT2D eigenvalue weighted by Crippen LogP contribution is -2.40. The average molecular weight is 375 g/mol. The zero-order valence-electron chi connectivity index (χ0n) is 14.4.